The van der Waals surface area contributed by atoms with E-state index in [2.05, 4.69) is 0 Å². The molecule has 0 aliphatic rings. The van der Waals surface area contributed by atoms with E-state index in [1.54, 1.807) is 72.8 Å². The van der Waals surface area contributed by atoms with Crippen molar-refractivity contribution in [3.8, 4) is 0 Å². The number of hydrogen-bond donors (Lipinski definition) is 0. The molecule has 30 heavy (non-hydrogen) atoms. The van der Waals surface area contributed by atoms with Crippen LogP contribution in [-0.4, -0.2) is 24.5 Å². The molecule has 0 saturated carbocycles. The number of hydrogen-bond acceptors (Lipinski definition) is 4. The fraction of sp³-hybridized carbons (Fsp3) is 0. The zero-order valence-corrected chi connectivity index (χ0v) is 16.6. The van der Waals surface area contributed by atoms with Crippen molar-refractivity contribution < 1.29 is 18.0 Å². The van der Waals surface area contributed by atoms with Gasteiger partial charge in [0.2, 0.25) is 0 Å². The number of fused-ring (bicyclic) bond motifs is 1. The van der Waals surface area contributed by atoms with Gasteiger partial charge in [-0.1, -0.05) is 72.8 Å². The van der Waals surface area contributed by atoms with Crippen LogP contribution in [0.15, 0.2) is 108 Å². The van der Waals surface area contributed by atoms with Crippen molar-refractivity contribution >= 4 is 32.6 Å². The van der Waals surface area contributed by atoms with Gasteiger partial charge in [-0.15, -0.1) is 0 Å². The topological polar surface area (TPSA) is 71.5 Å². The number of amides is 2. The minimum absolute atomic E-state index is 0.102. The Hall–Kier alpha value is -3.77. The summed E-state index contributed by atoms with van der Waals surface area (Å²) in [6.07, 6.45) is 0. The van der Waals surface area contributed by atoms with Gasteiger partial charge in [-0.05, 0) is 35.7 Å². The van der Waals surface area contributed by atoms with E-state index < -0.39 is 21.8 Å². The van der Waals surface area contributed by atoms with Crippen LogP contribution in [0.1, 0.15) is 20.7 Å². The maximum atomic E-state index is 13.7. The average molecular weight is 415 g/mol. The standard InChI is InChI=1S/C24H17NO4S/c26-23(19-11-3-1-4-12-19)25(24(27)20-13-5-2-6-14-20)30(28,29)22-17-9-15-18-10-7-8-16-21(18)22/h1-17H. The van der Waals surface area contributed by atoms with E-state index in [0.29, 0.717) is 15.1 Å². The SMILES string of the molecule is O=C(c1ccccc1)N(C(=O)c1ccccc1)S(=O)(=O)c1cccc2ccccc12. The average Bonchev–Trinajstić information content (AvgIpc) is 2.79. The molecule has 0 aliphatic carbocycles. The van der Waals surface area contributed by atoms with Gasteiger partial charge in [0.15, 0.2) is 0 Å². The van der Waals surface area contributed by atoms with Gasteiger partial charge in [-0.3, -0.25) is 9.59 Å². The predicted molar refractivity (Wildman–Crippen MR) is 115 cm³/mol. The van der Waals surface area contributed by atoms with E-state index in [9.17, 15) is 18.0 Å². The summed E-state index contributed by atoms with van der Waals surface area (Å²) in [5, 5.41) is 1.13. The Morgan fingerprint density at radius 2 is 1.03 bits per heavy atom. The number of nitrogens with zero attached hydrogens (tertiary/aromatic N) is 1. The highest BCUT2D eigenvalue weighted by Crippen LogP contribution is 2.28. The normalized spacial score (nSPS) is 11.2. The molecule has 0 heterocycles. The van der Waals surface area contributed by atoms with Crippen LogP contribution in [0.3, 0.4) is 0 Å². The van der Waals surface area contributed by atoms with Crippen LogP contribution in [-0.2, 0) is 10.0 Å². The zero-order chi connectivity index (χ0) is 21.1. The summed E-state index contributed by atoms with van der Waals surface area (Å²) in [5.74, 6) is -1.81. The second-order valence-electron chi connectivity index (χ2n) is 6.59. The highest BCUT2D eigenvalue weighted by atomic mass is 32.2. The Balaban J connectivity index is 1.93. The summed E-state index contributed by atoms with van der Waals surface area (Å²) in [4.78, 5) is 26.4. The van der Waals surface area contributed by atoms with Crippen molar-refractivity contribution in [3.63, 3.8) is 0 Å². The quantitative estimate of drug-likeness (QED) is 0.460. The molecule has 5 nitrogen and oxygen atoms in total. The van der Waals surface area contributed by atoms with Crippen molar-refractivity contribution in [2.24, 2.45) is 0 Å². The van der Waals surface area contributed by atoms with Crippen molar-refractivity contribution in [1.29, 1.82) is 0 Å². The first kappa shape index (κ1) is 19.5. The fourth-order valence-corrected chi connectivity index (χ4v) is 4.78. The third-order valence-corrected chi connectivity index (χ3v) is 6.40. The molecule has 0 bridgehead atoms. The molecular formula is C24H17NO4S. The second kappa shape index (κ2) is 7.93. The lowest BCUT2D eigenvalue weighted by molar-refractivity contribution is 0.0731. The van der Waals surface area contributed by atoms with E-state index in [4.69, 9.17) is 0 Å². The van der Waals surface area contributed by atoms with Gasteiger partial charge in [0.25, 0.3) is 21.8 Å². The van der Waals surface area contributed by atoms with Crippen molar-refractivity contribution in [1.82, 2.24) is 4.31 Å². The molecule has 0 aliphatic heterocycles. The predicted octanol–water partition coefficient (Wildman–Crippen LogP) is 4.51. The molecule has 0 aromatic heterocycles. The van der Waals surface area contributed by atoms with E-state index in [0.717, 1.165) is 0 Å². The van der Waals surface area contributed by atoms with Gasteiger partial charge >= 0.3 is 0 Å². The highest BCUT2D eigenvalue weighted by molar-refractivity contribution is 7.90. The molecule has 2 amide bonds. The fourth-order valence-electron chi connectivity index (χ4n) is 3.23. The molecule has 0 radical (unpaired) electrons. The minimum Gasteiger partial charge on any atom is -0.267 e. The number of carbonyl (C=O) groups excluding carboxylic acids is 2. The van der Waals surface area contributed by atoms with Crippen molar-refractivity contribution in [3.05, 3.63) is 114 Å². The number of rotatable bonds is 4. The summed E-state index contributed by atoms with van der Waals surface area (Å²) in [7, 11) is -4.49. The second-order valence-corrected chi connectivity index (χ2v) is 8.34. The van der Waals surface area contributed by atoms with Crippen LogP contribution in [0, 0.1) is 0 Å². The monoisotopic (exact) mass is 415 g/mol. The Bertz CT molecular complexity index is 1280. The largest absolute Gasteiger partial charge is 0.274 e. The lowest BCUT2D eigenvalue weighted by atomic mass is 10.1. The van der Waals surface area contributed by atoms with Crippen LogP contribution < -0.4 is 0 Å². The molecule has 0 N–H and O–H groups in total. The molecular weight excluding hydrogens is 398 g/mol. The highest BCUT2D eigenvalue weighted by Gasteiger charge is 2.37. The van der Waals surface area contributed by atoms with Gasteiger partial charge in [0.1, 0.15) is 0 Å². The maximum absolute atomic E-state index is 13.7. The minimum atomic E-state index is -4.49. The Labute approximate surface area is 174 Å². The molecule has 6 heteroatoms. The molecule has 4 aromatic rings. The number of imide groups is 1. The number of carbonyl (C=O) groups is 2. The van der Waals surface area contributed by atoms with Gasteiger partial charge in [0.05, 0.1) is 4.90 Å². The first-order valence-electron chi connectivity index (χ1n) is 9.22. The van der Waals surface area contributed by atoms with Crippen LogP contribution in [0.5, 0.6) is 0 Å². The van der Waals surface area contributed by atoms with Gasteiger partial charge < -0.3 is 0 Å². The van der Waals surface area contributed by atoms with E-state index in [1.807, 2.05) is 0 Å². The van der Waals surface area contributed by atoms with Gasteiger partial charge in [0, 0.05) is 16.5 Å². The first-order chi connectivity index (χ1) is 14.5. The van der Waals surface area contributed by atoms with Gasteiger partial charge in [-0.2, -0.15) is 4.31 Å². The summed E-state index contributed by atoms with van der Waals surface area (Å²) in [6, 6.07) is 27.5. The van der Waals surface area contributed by atoms with E-state index in [-0.39, 0.29) is 16.0 Å². The van der Waals surface area contributed by atoms with Crippen LogP contribution in [0.2, 0.25) is 0 Å². The summed E-state index contributed by atoms with van der Waals surface area (Å²) in [5.41, 5.74) is 0.205. The van der Waals surface area contributed by atoms with Gasteiger partial charge in [-0.25, -0.2) is 8.42 Å². The smallest absolute Gasteiger partial charge is 0.267 e. The molecule has 4 aromatic carbocycles. The lowest BCUT2D eigenvalue weighted by Gasteiger charge is -2.22. The summed E-state index contributed by atoms with van der Waals surface area (Å²) < 4.78 is 27.7. The first-order valence-corrected chi connectivity index (χ1v) is 10.7. The van der Waals surface area contributed by atoms with Crippen molar-refractivity contribution in [2.45, 2.75) is 4.90 Å². The molecule has 0 spiro atoms. The molecule has 4 rings (SSSR count). The Kier molecular flexibility index (Phi) is 5.16. The summed E-state index contributed by atoms with van der Waals surface area (Å²) in [6.45, 7) is 0. The maximum Gasteiger partial charge on any atom is 0.274 e. The third-order valence-electron chi connectivity index (χ3n) is 4.68. The Morgan fingerprint density at radius 3 is 1.60 bits per heavy atom. The molecule has 0 unspecified atom stereocenters. The molecule has 0 fully saturated rings. The third kappa shape index (κ3) is 3.49. The Morgan fingerprint density at radius 1 is 0.567 bits per heavy atom. The molecule has 148 valence electrons. The molecule has 0 atom stereocenters. The lowest BCUT2D eigenvalue weighted by Crippen LogP contribution is -2.41. The van der Waals surface area contributed by atoms with E-state index in [1.165, 1.54) is 30.3 Å². The number of sulfonamides is 1. The molecule has 0 saturated heterocycles. The van der Waals surface area contributed by atoms with Crippen LogP contribution >= 0.6 is 0 Å². The summed E-state index contributed by atoms with van der Waals surface area (Å²) >= 11 is 0. The van der Waals surface area contributed by atoms with Crippen LogP contribution in [0.25, 0.3) is 10.8 Å². The van der Waals surface area contributed by atoms with Crippen molar-refractivity contribution in [2.75, 3.05) is 0 Å². The van der Waals surface area contributed by atoms with Crippen LogP contribution in [0.4, 0.5) is 0 Å². The number of benzene rings is 4. The van der Waals surface area contributed by atoms with E-state index >= 15 is 0 Å². The zero-order valence-electron chi connectivity index (χ0n) is 15.8.